The van der Waals surface area contributed by atoms with Crippen LogP contribution in [0.15, 0.2) is 48.5 Å². The van der Waals surface area contributed by atoms with Crippen molar-refractivity contribution in [2.45, 2.75) is 20.8 Å². The summed E-state index contributed by atoms with van der Waals surface area (Å²) in [7, 11) is 1.63. The van der Waals surface area contributed by atoms with Crippen LogP contribution in [-0.2, 0) is 0 Å². The molecule has 0 radical (unpaired) electrons. The van der Waals surface area contributed by atoms with E-state index in [1.54, 1.807) is 26.2 Å². The average molecular weight is 362 g/mol. The van der Waals surface area contributed by atoms with Crippen LogP contribution >= 0.6 is 0 Å². The van der Waals surface area contributed by atoms with Gasteiger partial charge in [0, 0.05) is 23.0 Å². The van der Waals surface area contributed by atoms with E-state index in [4.69, 9.17) is 4.74 Å². The molecular weight excluding hydrogens is 340 g/mol. The molecular formula is C21H22N4O2. The molecule has 0 unspecified atom stereocenters. The van der Waals surface area contributed by atoms with Crippen molar-refractivity contribution in [2.24, 2.45) is 0 Å². The van der Waals surface area contributed by atoms with Gasteiger partial charge in [0.1, 0.15) is 11.6 Å². The number of aryl methyl sites for hydroxylation is 2. The average Bonchev–Trinajstić information content (AvgIpc) is 2.61. The van der Waals surface area contributed by atoms with E-state index in [9.17, 15) is 4.79 Å². The number of aromatic nitrogens is 2. The molecule has 3 aromatic rings. The van der Waals surface area contributed by atoms with Gasteiger partial charge in [-0.25, -0.2) is 4.98 Å². The highest BCUT2D eigenvalue weighted by atomic mass is 16.5. The molecule has 1 aromatic heterocycles. The molecule has 0 aliphatic heterocycles. The first-order valence-electron chi connectivity index (χ1n) is 8.60. The summed E-state index contributed by atoms with van der Waals surface area (Å²) in [6.07, 6.45) is 0. The number of benzene rings is 2. The summed E-state index contributed by atoms with van der Waals surface area (Å²) in [5.41, 5.74) is 4.15. The lowest BCUT2D eigenvalue weighted by atomic mass is 10.1. The first-order chi connectivity index (χ1) is 12.9. The number of rotatable bonds is 6. The minimum absolute atomic E-state index is 0.0198. The van der Waals surface area contributed by atoms with Gasteiger partial charge in [-0.2, -0.15) is 4.98 Å². The third kappa shape index (κ3) is 4.61. The lowest BCUT2D eigenvalue weighted by Gasteiger charge is -2.13. The third-order valence-corrected chi connectivity index (χ3v) is 4.00. The number of nitrogens with one attached hydrogen (secondary N) is 2. The van der Waals surface area contributed by atoms with Gasteiger partial charge in [-0.05, 0) is 50.6 Å². The molecule has 6 heteroatoms. The van der Waals surface area contributed by atoms with E-state index in [0.29, 0.717) is 17.3 Å². The van der Waals surface area contributed by atoms with Crippen molar-refractivity contribution >= 4 is 28.9 Å². The zero-order valence-electron chi connectivity index (χ0n) is 15.8. The van der Waals surface area contributed by atoms with E-state index in [0.717, 1.165) is 28.4 Å². The maximum atomic E-state index is 11.6. The van der Waals surface area contributed by atoms with Crippen LogP contribution in [0.1, 0.15) is 28.5 Å². The number of methoxy groups -OCH3 is 1. The number of ether oxygens (including phenoxy) is 1. The molecule has 0 spiro atoms. The number of ketones is 1. The minimum Gasteiger partial charge on any atom is -0.495 e. The van der Waals surface area contributed by atoms with Gasteiger partial charge >= 0.3 is 0 Å². The standard InChI is InChI=1S/C21H22N4O2/c1-13-8-9-19(27-4)18(10-13)24-21-22-14(2)11-20(25-21)23-17-7-5-6-16(12-17)15(3)26/h5-12H,1-4H3,(H2,22,23,24,25). The van der Waals surface area contributed by atoms with Crippen molar-refractivity contribution in [2.75, 3.05) is 17.7 Å². The monoisotopic (exact) mass is 362 g/mol. The Bertz CT molecular complexity index is 986. The zero-order valence-corrected chi connectivity index (χ0v) is 15.8. The van der Waals surface area contributed by atoms with Crippen LogP contribution in [0.2, 0.25) is 0 Å². The fourth-order valence-electron chi connectivity index (χ4n) is 2.69. The molecule has 0 aliphatic carbocycles. The highest BCUT2D eigenvalue weighted by Crippen LogP contribution is 2.28. The van der Waals surface area contributed by atoms with Crippen LogP contribution in [0, 0.1) is 13.8 Å². The minimum atomic E-state index is 0.0198. The van der Waals surface area contributed by atoms with Gasteiger partial charge < -0.3 is 15.4 Å². The van der Waals surface area contributed by atoms with Gasteiger partial charge in [-0.3, -0.25) is 4.79 Å². The highest BCUT2D eigenvalue weighted by molar-refractivity contribution is 5.95. The number of Topliss-reactive ketones (excluding diaryl/α,β-unsaturated/α-hetero) is 1. The number of hydrogen-bond donors (Lipinski definition) is 2. The van der Waals surface area contributed by atoms with Crippen LogP contribution in [0.25, 0.3) is 0 Å². The van der Waals surface area contributed by atoms with E-state index < -0.39 is 0 Å². The third-order valence-electron chi connectivity index (χ3n) is 4.00. The van der Waals surface area contributed by atoms with Gasteiger partial charge in [-0.1, -0.05) is 18.2 Å². The fraction of sp³-hybridized carbons (Fsp3) is 0.190. The Morgan fingerprint density at radius 2 is 1.81 bits per heavy atom. The van der Waals surface area contributed by atoms with Crippen LogP contribution in [0.5, 0.6) is 5.75 Å². The first-order valence-corrected chi connectivity index (χ1v) is 8.60. The molecule has 0 fully saturated rings. The summed E-state index contributed by atoms with van der Waals surface area (Å²) in [4.78, 5) is 20.6. The summed E-state index contributed by atoms with van der Waals surface area (Å²) in [6, 6.07) is 15.0. The Labute approximate surface area is 158 Å². The highest BCUT2D eigenvalue weighted by Gasteiger charge is 2.08. The molecule has 0 aliphatic rings. The Morgan fingerprint density at radius 1 is 1.00 bits per heavy atom. The van der Waals surface area contributed by atoms with Crippen LogP contribution in [0.4, 0.5) is 23.1 Å². The van der Waals surface area contributed by atoms with Gasteiger partial charge in [0.25, 0.3) is 0 Å². The zero-order chi connectivity index (χ0) is 19.4. The molecule has 0 saturated heterocycles. The lowest BCUT2D eigenvalue weighted by molar-refractivity contribution is 0.101. The molecule has 0 saturated carbocycles. The molecule has 27 heavy (non-hydrogen) atoms. The topological polar surface area (TPSA) is 76.1 Å². The lowest BCUT2D eigenvalue weighted by Crippen LogP contribution is -2.04. The summed E-state index contributed by atoms with van der Waals surface area (Å²) in [6.45, 7) is 5.46. The van der Waals surface area contributed by atoms with Gasteiger partial charge in [0.15, 0.2) is 5.78 Å². The van der Waals surface area contributed by atoms with Crippen LogP contribution in [-0.4, -0.2) is 22.9 Å². The maximum Gasteiger partial charge on any atom is 0.229 e. The Hall–Kier alpha value is -3.41. The quantitative estimate of drug-likeness (QED) is 0.614. The SMILES string of the molecule is COc1ccc(C)cc1Nc1nc(C)cc(Nc2cccc(C(C)=O)c2)n1. The number of anilines is 4. The van der Waals surface area contributed by atoms with Crippen molar-refractivity contribution in [1.29, 1.82) is 0 Å². The Kier molecular flexibility index (Phi) is 5.35. The summed E-state index contributed by atoms with van der Waals surface area (Å²) < 4.78 is 5.40. The van der Waals surface area contributed by atoms with Crippen molar-refractivity contribution in [1.82, 2.24) is 9.97 Å². The second-order valence-corrected chi connectivity index (χ2v) is 6.31. The largest absolute Gasteiger partial charge is 0.495 e. The number of carbonyl (C=O) groups excluding carboxylic acids is 1. The van der Waals surface area contributed by atoms with Crippen molar-refractivity contribution in [3.05, 3.63) is 65.4 Å². The van der Waals surface area contributed by atoms with Crippen LogP contribution in [0.3, 0.4) is 0 Å². The molecule has 3 rings (SSSR count). The van der Waals surface area contributed by atoms with Gasteiger partial charge in [0.05, 0.1) is 12.8 Å². The second kappa shape index (κ2) is 7.86. The Morgan fingerprint density at radius 3 is 2.56 bits per heavy atom. The number of hydrogen-bond acceptors (Lipinski definition) is 6. The smallest absolute Gasteiger partial charge is 0.229 e. The number of carbonyl (C=O) groups is 1. The fourth-order valence-corrected chi connectivity index (χ4v) is 2.69. The molecule has 2 N–H and O–H groups in total. The van der Waals surface area contributed by atoms with Crippen molar-refractivity contribution < 1.29 is 9.53 Å². The van der Waals surface area contributed by atoms with E-state index in [-0.39, 0.29) is 5.78 Å². The van der Waals surface area contributed by atoms with E-state index in [2.05, 4.69) is 20.6 Å². The van der Waals surface area contributed by atoms with Crippen molar-refractivity contribution in [3.63, 3.8) is 0 Å². The normalized spacial score (nSPS) is 10.4. The maximum absolute atomic E-state index is 11.6. The summed E-state index contributed by atoms with van der Waals surface area (Å²) >= 11 is 0. The van der Waals surface area contributed by atoms with Gasteiger partial charge in [0.2, 0.25) is 5.95 Å². The predicted octanol–water partition coefficient (Wildman–Crippen LogP) is 4.79. The molecule has 2 aromatic carbocycles. The molecule has 138 valence electrons. The summed E-state index contributed by atoms with van der Waals surface area (Å²) in [5, 5.41) is 6.45. The number of nitrogens with zero attached hydrogens (tertiary/aromatic N) is 2. The predicted molar refractivity (Wildman–Crippen MR) is 108 cm³/mol. The van der Waals surface area contributed by atoms with E-state index in [1.165, 1.54) is 0 Å². The molecule has 6 nitrogen and oxygen atoms in total. The molecule has 0 amide bonds. The van der Waals surface area contributed by atoms with Gasteiger partial charge in [-0.15, -0.1) is 0 Å². The van der Waals surface area contributed by atoms with Crippen LogP contribution < -0.4 is 15.4 Å². The van der Waals surface area contributed by atoms with E-state index in [1.807, 2.05) is 50.2 Å². The molecule has 0 bridgehead atoms. The second-order valence-electron chi connectivity index (χ2n) is 6.31. The van der Waals surface area contributed by atoms with Crippen molar-refractivity contribution in [3.8, 4) is 5.75 Å². The first kappa shape index (κ1) is 18.4. The molecule has 1 heterocycles. The van der Waals surface area contributed by atoms with E-state index >= 15 is 0 Å². The molecule has 0 atom stereocenters. The summed E-state index contributed by atoms with van der Waals surface area (Å²) in [5.74, 6) is 1.84. The Balaban J connectivity index is 1.88.